The maximum absolute atomic E-state index is 6.50. The zero-order valence-corrected chi connectivity index (χ0v) is 20.0. The molecule has 0 radical (unpaired) electrons. The number of aryl methyl sites for hydroxylation is 3. The number of benzene rings is 1. The number of fused-ring (bicyclic) bond motifs is 1. The SMILES string of the molecule is CCc1nc(-c2ccc(Cl)cc2Cl)c(CC)nc1NC1c2ccsc2CCC1CC. The minimum atomic E-state index is 0.291. The largest absolute Gasteiger partial charge is 0.361 e. The summed E-state index contributed by atoms with van der Waals surface area (Å²) in [7, 11) is 0. The Morgan fingerprint density at radius 1 is 1.07 bits per heavy atom. The zero-order chi connectivity index (χ0) is 21.3. The van der Waals surface area contributed by atoms with Gasteiger partial charge in [0.15, 0.2) is 0 Å². The average molecular weight is 460 g/mol. The van der Waals surface area contributed by atoms with E-state index < -0.39 is 0 Å². The van der Waals surface area contributed by atoms with E-state index in [1.165, 1.54) is 23.3 Å². The lowest BCUT2D eigenvalue weighted by Gasteiger charge is -2.33. The lowest BCUT2D eigenvalue weighted by molar-refractivity contribution is 0.389. The van der Waals surface area contributed by atoms with E-state index in [1.807, 2.05) is 23.5 Å². The molecule has 1 aromatic carbocycles. The Balaban J connectivity index is 1.76. The van der Waals surface area contributed by atoms with Gasteiger partial charge in [-0.3, -0.25) is 0 Å². The molecular formula is C24H27Cl2N3S. The van der Waals surface area contributed by atoms with Gasteiger partial charge in [0.25, 0.3) is 0 Å². The highest BCUT2D eigenvalue weighted by Gasteiger charge is 2.30. The summed E-state index contributed by atoms with van der Waals surface area (Å²) in [5.74, 6) is 1.51. The Hall–Kier alpha value is -1.62. The molecule has 2 heterocycles. The van der Waals surface area contributed by atoms with Crippen molar-refractivity contribution < 1.29 is 0 Å². The lowest BCUT2D eigenvalue weighted by Crippen LogP contribution is -2.26. The van der Waals surface area contributed by atoms with Crippen LogP contribution in [0.5, 0.6) is 0 Å². The van der Waals surface area contributed by atoms with Gasteiger partial charge in [0, 0.05) is 15.5 Å². The molecule has 30 heavy (non-hydrogen) atoms. The van der Waals surface area contributed by atoms with E-state index in [2.05, 4.69) is 37.5 Å². The Morgan fingerprint density at radius 3 is 2.57 bits per heavy atom. The van der Waals surface area contributed by atoms with Gasteiger partial charge in [0.2, 0.25) is 0 Å². The molecule has 3 nitrogen and oxygen atoms in total. The third-order valence-electron chi connectivity index (χ3n) is 6.04. The Bertz CT molecular complexity index is 1050. The molecule has 3 aromatic rings. The van der Waals surface area contributed by atoms with Gasteiger partial charge in [-0.1, -0.05) is 50.4 Å². The predicted octanol–water partition coefficient (Wildman–Crippen LogP) is 7.76. The first-order valence-corrected chi connectivity index (χ1v) is 12.4. The van der Waals surface area contributed by atoms with E-state index in [-0.39, 0.29) is 0 Å². The number of rotatable bonds is 6. The van der Waals surface area contributed by atoms with Gasteiger partial charge in [0.1, 0.15) is 5.82 Å². The normalized spacial score (nSPS) is 18.3. The summed E-state index contributed by atoms with van der Waals surface area (Å²) in [5.41, 5.74) is 5.10. The van der Waals surface area contributed by atoms with Gasteiger partial charge < -0.3 is 5.32 Å². The minimum absolute atomic E-state index is 0.291. The van der Waals surface area contributed by atoms with Crippen molar-refractivity contribution >= 4 is 40.4 Å². The Labute approximate surface area is 192 Å². The fourth-order valence-electron chi connectivity index (χ4n) is 4.36. The number of nitrogens with zero attached hydrogens (tertiary/aromatic N) is 2. The van der Waals surface area contributed by atoms with Crippen LogP contribution in [0.15, 0.2) is 29.6 Å². The summed E-state index contributed by atoms with van der Waals surface area (Å²) in [5, 5.41) is 7.25. The van der Waals surface area contributed by atoms with Crippen LogP contribution in [0.25, 0.3) is 11.3 Å². The van der Waals surface area contributed by atoms with Crippen molar-refractivity contribution in [3.63, 3.8) is 0 Å². The van der Waals surface area contributed by atoms with Crippen molar-refractivity contribution in [2.45, 2.75) is 58.9 Å². The lowest BCUT2D eigenvalue weighted by atomic mass is 9.82. The molecule has 4 rings (SSSR count). The molecule has 158 valence electrons. The second kappa shape index (κ2) is 9.25. The van der Waals surface area contributed by atoms with Crippen LogP contribution in [0, 0.1) is 5.92 Å². The average Bonchev–Trinajstić information content (AvgIpc) is 3.23. The first-order chi connectivity index (χ1) is 14.5. The van der Waals surface area contributed by atoms with Crippen molar-refractivity contribution in [2.24, 2.45) is 5.92 Å². The highest BCUT2D eigenvalue weighted by molar-refractivity contribution is 7.10. The molecule has 0 saturated heterocycles. The van der Waals surface area contributed by atoms with E-state index in [0.717, 1.165) is 47.7 Å². The minimum Gasteiger partial charge on any atom is -0.361 e. The second-order valence-corrected chi connectivity index (χ2v) is 9.62. The zero-order valence-electron chi connectivity index (χ0n) is 17.6. The third kappa shape index (κ3) is 4.10. The van der Waals surface area contributed by atoms with Gasteiger partial charge in [-0.05, 0) is 66.8 Å². The molecule has 0 fully saturated rings. The van der Waals surface area contributed by atoms with E-state index in [1.54, 1.807) is 6.07 Å². The molecule has 0 aliphatic heterocycles. The van der Waals surface area contributed by atoms with Crippen molar-refractivity contribution in [3.05, 3.63) is 61.5 Å². The predicted molar refractivity (Wildman–Crippen MR) is 129 cm³/mol. The number of aromatic nitrogens is 2. The fraction of sp³-hybridized carbons (Fsp3) is 0.417. The first kappa shape index (κ1) is 21.6. The van der Waals surface area contributed by atoms with Crippen LogP contribution in [0.1, 0.15) is 61.5 Å². The Kier molecular flexibility index (Phi) is 6.66. The molecular weight excluding hydrogens is 433 g/mol. The molecule has 2 atom stereocenters. The quantitative estimate of drug-likeness (QED) is 0.408. The van der Waals surface area contributed by atoms with Crippen LogP contribution in [0.3, 0.4) is 0 Å². The number of halogens is 2. The van der Waals surface area contributed by atoms with E-state index >= 15 is 0 Å². The van der Waals surface area contributed by atoms with E-state index in [4.69, 9.17) is 33.2 Å². The number of hydrogen-bond acceptors (Lipinski definition) is 4. The molecule has 2 unspecified atom stereocenters. The van der Waals surface area contributed by atoms with Crippen LogP contribution < -0.4 is 5.32 Å². The number of anilines is 1. The molecule has 1 aliphatic rings. The summed E-state index contributed by atoms with van der Waals surface area (Å²) in [6.45, 7) is 6.52. The van der Waals surface area contributed by atoms with Crippen molar-refractivity contribution in [1.82, 2.24) is 9.97 Å². The van der Waals surface area contributed by atoms with E-state index in [9.17, 15) is 0 Å². The van der Waals surface area contributed by atoms with Gasteiger partial charge in [-0.15, -0.1) is 11.3 Å². The van der Waals surface area contributed by atoms with Crippen LogP contribution >= 0.6 is 34.5 Å². The van der Waals surface area contributed by atoms with Gasteiger partial charge >= 0.3 is 0 Å². The monoisotopic (exact) mass is 459 g/mol. The number of thiophene rings is 1. The molecule has 0 bridgehead atoms. The summed E-state index contributed by atoms with van der Waals surface area (Å²) in [6, 6.07) is 8.13. The molecule has 2 aromatic heterocycles. The standard InChI is InChI=1S/C24H27Cl2N3S/c1-4-14-7-10-21-17(11-12-30-21)22(14)29-24-20(6-3)27-23(19(5-2)28-24)16-9-8-15(25)13-18(16)26/h8-9,11-14,22H,4-7,10H2,1-3H3,(H,28,29). The van der Waals surface area contributed by atoms with Crippen molar-refractivity contribution in [3.8, 4) is 11.3 Å². The molecule has 0 saturated carbocycles. The third-order valence-corrected chi connectivity index (χ3v) is 7.59. The smallest absolute Gasteiger partial charge is 0.148 e. The van der Waals surface area contributed by atoms with Crippen molar-refractivity contribution in [1.29, 1.82) is 0 Å². The van der Waals surface area contributed by atoms with Gasteiger partial charge in [0.05, 0.1) is 28.1 Å². The van der Waals surface area contributed by atoms with E-state index in [0.29, 0.717) is 22.0 Å². The van der Waals surface area contributed by atoms with Crippen LogP contribution in [-0.4, -0.2) is 9.97 Å². The maximum atomic E-state index is 6.50. The Morgan fingerprint density at radius 2 is 1.87 bits per heavy atom. The molecule has 0 amide bonds. The van der Waals surface area contributed by atoms with Crippen molar-refractivity contribution in [2.75, 3.05) is 5.32 Å². The number of hydrogen-bond donors (Lipinski definition) is 1. The molecule has 1 N–H and O–H groups in total. The summed E-state index contributed by atoms with van der Waals surface area (Å²) >= 11 is 14.5. The summed E-state index contributed by atoms with van der Waals surface area (Å²) in [4.78, 5) is 11.6. The first-order valence-electron chi connectivity index (χ1n) is 10.7. The summed E-state index contributed by atoms with van der Waals surface area (Å²) < 4.78 is 0. The van der Waals surface area contributed by atoms with Crippen LogP contribution in [-0.2, 0) is 19.3 Å². The maximum Gasteiger partial charge on any atom is 0.148 e. The number of nitrogens with one attached hydrogen (secondary N) is 1. The fourth-order valence-corrected chi connectivity index (χ4v) is 5.80. The highest BCUT2D eigenvalue weighted by Crippen LogP contribution is 2.41. The second-order valence-electron chi connectivity index (χ2n) is 7.77. The molecule has 6 heteroatoms. The molecule has 0 spiro atoms. The highest BCUT2D eigenvalue weighted by atomic mass is 35.5. The van der Waals surface area contributed by atoms with Gasteiger partial charge in [-0.25, -0.2) is 9.97 Å². The summed E-state index contributed by atoms with van der Waals surface area (Å²) in [6.07, 6.45) is 5.14. The van der Waals surface area contributed by atoms with Crippen LogP contribution in [0.4, 0.5) is 5.82 Å². The topological polar surface area (TPSA) is 37.8 Å². The molecule has 1 aliphatic carbocycles. The van der Waals surface area contributed by atoms with Gasteiger partial charge in [-0.2, -0.15) is 0 Å². The van der Waals surface area contributed by atoms with Crippen LogP contribution in [0.2, 0.25) is 10.0 Å².